The molecule has 0 fully saturated rings. The highest BCUT2D eigenvalue weighted by Gasteiger charge is 2.18. The van der Waals surface area contributed by atoms with Gasteiger partial charge < -0.3 is 0 Å². The summed E-state index contributed by atoms with van der Waals surface area (Å²) in [6.07, 6.45) is 0. The maximum Gasteiger partial charge on any atom is 0.153 e. The molecule has 0 saturated heterocycles. The average Bonchev–Trinajstić information content (AvgIpc) is 2.80. The van der Waals surface area contributed by atoms with Crippen LogP contribution in [0.2, 0.25) is 10.0 Å². The van der Waals surface area contributed by atoms with Gasteiger partial charge in [-0.1, -0.05) is 29.3 Å². The first kappa shape index (κ1) is 14.6. The first-order chi connectivity index (χ1) is 10.0. The van der Waals surface area contributed by atoms with Crippen LogP contribution >= 0.6 is 34.8 Å². The van der Waals surface area contributed by atoms with Crippen molar-refractivity contribution < 1.29 is 8.78 Å². The van der Waals surface area contributed by atoms with E-state index < -0.39 is 11.6 Å². The van der Waals surface area contributed by atoms with E-state index in [0.29, 0.717) is 16.5 Å². The predicted octanol–water partition coefficient (Wildman–Crippen LogP) is 5.35. The molecule has 0 saturated carbocycles. The Kier molecular flexibility index (Phi) is 3.78. The monoisotopic (exact) mass is 346 g/mol. The molecule has 1 aromatic heterocycles. The zero-order valence-corrected chi connectivity index (χ0v) is 12.6. The Bertz CT molecular complexity index is 846. The van der Waals surface area contributed by atoms with Gasteiger partial charge in [0, 0.05) is 12.1 Å². The molecule has 2 aromatic carbocycles. The van der Waals surface area contributed by atoms with Crippen LogP contribution < -0.4 is 0 Å². The summed E-state index contributed by atoms with van der Waals surface area (Å²) in [6.45, 7) is 0. The molecule has 21 heavy (non-hydrogen) atoms. The van der Waals surface area contributed by atoms with Gasteiger partial charge in [0.1, 0.15) is 17.2 Å². The summed E-state index contributed by atoms with van der Waals surface area (Å²) in [5.41, 5.74) is 0.739. The van der Waals surface area contributed by atoms with E-state index in [0.717, 1.165) is 6.07 Å². The maximum absolute atomic E-state index is 13.9. The molecule has 0 radical (unpaired) electrons. The second-order valence-corrected chi connectivity index (χ2v) is 5.38. The number of halogens is 5. The van der Waals surface area contributed by atoms with Crippen LogP contribution in [0, 0.1) is 11.6 Å². The fourth-order valence-corrected chi connectivity index (χ4v) is 2.73. The Balaban J connectivity index is 2.43. The summed E-state index contributed by atoms with van der Waals surface area (Å²) < 4.78 is 28.9. The van der Waals surface area contributed by atoms with E-state index in [-0.39, 0.29) is 21.9 Å². The van der Waals surface area contributed by atoms with Crippen molar-refractivity contribution in [2.24, 2.45) is 0 Å². The Morgan fingerprint density at radius 1 is 1.14 bits per heavy atom. The molecule has 1 heterocycles. The molecule has 0 aliphatic heterocycles. The molecular formula is C14H7Cl3F2N2. The van der Waals surface area contributed by atoms with Crippen LogP contribution in [0.3, 0.4) is 0 Å². The SMILES string of the molecule is Fc1cc(F)c2nc(CCl)n(-c3cccc(Cl)c3Cl)c2c1. The highest BCUT2D eigenvalue weighted by atomic mass is 35.5. The summed E-state index contributed by atoms with van der Waals surface area (Å²) in [5.74, 6) is -1.10. The van der Waals surface area contributed by atoms with Crippen molar-refractivity contribution in [1.29, 1.82) is 0 Å². The molecule has 0 bridgehead atoms. The van der Waals surface area contributed by atoms with Crippen LogP contribution in [0.5, 0.6) is 0 Å². The van der Waals surface area contributed by atoms with Crippen molar-refractivity contribution >= 4 is 45.8 Å². The number of fused-ring (bicyclic) bond motifs is 1. The number of imidazole rings is 1. The highest BCUT2D eigenvalue weighted by molar-refractivity contribution is 6.43. The lowest BCUT2D eigenvalue weighted by Crippen LogP contribution is -2.00. The van der Waals surface area contributed by atoms with Gasteiger partial charge in [-0.05, 0) is 12.1 Å². The van der Waals surface area contributed by atoms with Gasteiger partial charge in [-0.3, -0.25) is 4.57 Å². The largest absolute Gasteiger partial charge is 0.293 e. The molecule has 0 unspecified atom stereocenters. The summed E-state index contributed by atoms with van der Waals surface area (Å²) in [5, 5.41) is 0.586. The zero-order valence-electron chi connectivity index (χ0n) is 10.4. The van der Waals surface area contributed by atoms with Gasteiger partial charge in [0.2, 0.25) is 0 Å². The Morgan fingerprint density at radius 2 is 1.90 bits per heavy atom. The standard InChI is InChI=1S/C14H7Cl3F2N2/c15-6-12-20-14-9(19)4-7(18)5-11(14)21(12)10-3-1-2-8(16)13(10)17/h1-5H,6H2. The minimum absolute atomic E-state index is 0.0125. The molecular weight excluding hydrogens is 341 g/mol. The van der Waals surface area contributed by atoms with Crippen LogP contribution in [0.4, 0.5) is 8.78 Å². The zero-order chi connectivity index (χ0) is 15.1. The predicted molar refractivity (Wildman–Crippen MR) is 80.6 cm³/mol. The van der Waals surface area contributed by atoms with Crippen LogP contribution in [-0.2, 0) is 5.88 Å². The molecule has 0 atom stereocenters. The van der Waals surface area contributed by atoms with Crippen LogP contribution in [0.25, 0.3) is 16.7 Å². The van der Waals surface area contributed by atoms with Crippen LogP contribution in [-0.4, -0.2) is 9.55 Å². The van der Waals surface area contributed by atoms with E-state index in [9.17, 15) is 8.78 Å². The van der Waals surface area contributed by atoms with Crippen molar-refractivity contribution in [2.75, 3.05) is 0 Å². The molecule has 7 heteroatoms. The minimum atomic E-state index is -0.756. The molecule has 3 rings (SSSR count). The van der Waals surface area contributed by atoms with Crippen LogP contribution in [0.1, 0.15) is 5.82 Å². The van der Waals surface area contributed by atoms with Crippen molar-refractivity contribution in [3.8, 4) is 5.69 Å². The van der Waals surface area contributed by atoms with Gasteiger partial charge in [0.05, 0.1) is 27.1 Å². The first-order valence-corrected chi connectivity index (χ1v) is 7.18. The number of rotatable bonds is 2. The van der Waals surface area contributed by atoms with Gasteiger partial charge in [0.25, 0.3) is 0 Å². The molecule has 2 nitrogen and oxygen atoms in total. The Labute approximate surface area is 133 Å². The van der Waals surface area contributed by atoms with Crippen molar-refractivity contribution in [3.05, 3.63) is 57.8 Å². The van der Waals surface area contributed by atoms with Gasteiger partial charge in [-0.25, -0.2) is 13.8 Å². The Morgan fingerprint density at radius 3 is 2.62 bits per heavy atom. The van der Waals surface area contributed by atoms with Gasteiger partial charge >= 0.3 is 0 Å². The third-order valence-corrected chi connectivity index (χ3v) is 4.09. The number of hydrogen-bond acceptors (Lipinski definition) is 1. The highest BCUT2D eigenvalue weighted by Crippen LogP contribution is 2.33. The number of nitrogens with zero attached hydrogens (tertiary/aromatic N) is 2. The number of benzene rings is 2. The maximum atomic E-state index is 13.9. The average molecular weight is 348 g/mol. The second kappa shape index (κ2) is 5.44. The van der Waals surface area contributed by atoms with E-state index in [1.807, 2.05) is 0 Å². The molecule has 0 aliphatic rings. The second-order valence-electron chi connectivity index (χ2n) is 4.33. The lowest BCUT2D eigenvalue weighted by molar-refractivity contribution is 0.590. The van der Waals surface area contributed by atoms with E-state index in [1.54, 1.807) is 18.2 Å². The van der Waals surface area contributed by atoms with E-state index in [1.165, 1.54) is 10.6 Å². The number of aromatic nitrogens is 2. The van der Waals surface area contributed by atoms with Crippen LogP contribution in [0.15, 0.2) is 30.3 Å². The summed E-state index contributed by atoms with van der Waals surface area (Å²) in [7, 11) is 0. The molecule has 0 aliphatic carbocycles. The third-order valence-electron chi connectivity index (χ3n) is 3.04. The normalized spacial score (nSPS) is 11.3. The Hall–Kier alpha value is -1.36. The molecule has 3 aromatic rings. The summed E-state index contributed by atoms with van der Waals surface area (Å²) in [6, 6.07) is 6.93. The molecule has 0 amide bonds. The van der Waals surface area contributed by atoms with Gasteiger partial charge in [-0.2, -0.15) is 0 Å². The van der Waals surface area contributed by atoms with E-state index in [2.05, 4.69) is 4.98 Å². The first-order valence-electron chi connectivity index (χ1n) is 5.89. The molecule has 0 N–H and O–H groups in total. The lowest BCUT2D eigenvalue weighted by atomic mass is 10.2. The fourth-order valence-electron chi connectivity index (χ4n) is 2.18. The fraction of sp³-hybridized carbons (Fsp3) is 0.0714. The van der Waals surface area contributed by atoms with Crippen molar-refractivity contribution in [3.63, 3.8) is 0 Å². The topological polar surface area (TPSA) is 17.8 Å². The molecule has 0 spiro atoms. The third kappa shape index (κ3) is 2.37. The van der Waals surface area contributed by atoms with Gasteiger partial charge in [0.15, 0.2) is 5.82 Å². The minimum Gasteiger partial charge on any atom is -0.293 e. The lowest BCUT2D eigenvalue weighted by Gasteiger charge is -2.10. The van der Waals surface area contributed by atoms with Gasteiger partial charge in [-0.15, -0.1) is 11.6 Å². The van der Waals surface area contributed by atoms with Crippen molar-refractivity contribution in [2.45, 2.75) is 5.88 Å². The quantitative estimate of drug-likeness (QED) is 0.571. The number of hydrogen-bond donors (Lipinski definition) is 0. The number of alkyl halides is 1. The smallest absolute Gasteiger partial charge is 0.153 e. The van der Waals surface area contributed by atoms with Crippen molar-refractivity contribution in [1.82, 2.24) is 9.55 Å². The van der Waals surface area contributed by atoms with E-state index in [4.69, 9.17) is 34.8 Å². The van der Waals surface area contributed by atoms with E-state index >= 15 is 0 Å². The summed E-state index contributed by atoms with van der Waals surface area (Å²) in [4.78, 5) is 4.11. The summed E-state index contributed by atoms with van der Waals surface area (Å²) >= 11 is 18.0. The molecule has 108 valence electrons.